The largest absolute Gasteiger partial charge is 0.351 e. The number of halogens is 2. The summed E-state index contributed by atoms with van der Waals surface area (Å²) >= 11 is 12.0. The molecule has 1 aromatic carbocycles. The zero-order valence-corrected chi connectivity index (χ0v) is 14.3. The van der Waals surface area contributed by atoms with Crippen LogP contribution in [0.2, 0.25) is 10.0 Å². The van der Waals surface area contributed by atoms with Crippen LogP contribution in [0.25, 0.3) is 0 Å². The Morgan fingerprint density at radius 1 is 1.22 bits per heavy atom. The van der Waals surface area contributed by atoms with Gasteiger partial charge in [-0.15, -0.1) is 0 Å². The molecule has 0 aliphatic carbocycles. The topological polar surface area (TPSA) is 66.9 Å². The van der Waals surface area contributed by atoms with Gasteiger partial charge in [0.2, 0.25) is 5.95 Å². The monoisotopic (exact) mass is 352 g/mol. The molecule has 0 aliphatic heterocycles. The minimum atomic E-state index is -0.219. The number of amides is 1. The number of benzene rings is 1. The maximum Gasteiger partial charge on any atom is 0.270 e. The fourth-order valence-corrected chi connectivity index (χ4v) is 2.26. The molecule has 7 heteroatoms. The van der Waals surface area contributed by atoms with Crippen LogP contribution in [0.3, 0.4) is 0 Å². The van der Waals surface area contributed by atoms with Crippen molar-refractivity contribution in [2.24, 2.45) is 0 Å². The van der Waals surface area contributed by atoms with Crippen LogP contribution in [0.4, 0.5) is 11.6 Å². The lowest BCUT2D eigenvalue weighted by Gasteiger charge is -2.09. The standard InChI is InChI=1S/C16H18Cl2N4O/c1-2-3-4-8-19-15(23)13-7-9-20-16(21-13)22-14-10-11(17)5-6-12(14)18/h5-7,9-10H,2-4,8H2,1H3,(H,19,23)(H,20,21,22). The number of nitrogens with one attached hydrogen (secondary N) is 2. The number of rotatable bonds is 7. The molecule has 122 valence electrons. The number of hydrogen-bond donors (Lipinski definition) is 2. The molecule has 0 spiro atoms. The first-order valence-corrected chi connectivity index (χ1v) is 8.19. The van der Waals surface area contributed by atoms with Gasteiger partial charge in [-0.3, -0.25) is 4.79 Å². The Hall–Kier alpha value is -1.85. The molecule has 0 radical (unpaired) electrons. The fourth-order valence-electron chi connectivity index (χ4n) is 1.93. The van der Waals surface area contributed by atoms with Crippen LogP contribution in [-0.2, 0) is 0 Å². The predicted molar refractivity (Wildman–Crippen MR) is 93.6 cm³/mol. The zero-order valence-electron chi connectivity index (χ0n) is 12.8. The van der Waals surface area contributed by atoms with E-state index in [-0.39, 0.29) is 11.9 Å². The van der Waals surface area contributed by atoms with Crippen LogP contribution in [0.15, 0.2) is 30.5 Å². The van der Waals surface area contributed by atoms with Gasteiger partial charge in [0.1, 0.15) is 5.69 Å². The highest BCUT2D eigenvalue weighted by molar-refractivity contribution is 6.35. The van der Waals surface area contributed by atoms with E-state index in [0.29, 0.717) is 28.0 Å². The smallest absolute Gasteiger partial charge is 0.270 e. The van der Waals surface area contributed by atoms with E-state index in [1.54, 1.807) is 24.3 Å². The zero-order chi connectivity index (χ0) is 16.7. The van der Waals surface area contributed by atoms with Crippen molar-refractivity contribution in [3.8, 4) is 0 Å². The molecule has 1 heterocycles. The highest BCUT2D eigenvalue weighted by Crippen LogP contribution is 2.27. The second-order valence-electron chi connectivity index (χ2n) is 4.98. The molecule has 0 aliphatic rings. The van der Waals surface area contributed by atoms with Gasteiger partial charge < -0.3 is 10.6 Å². The van der Waals surface area contributed by atoms with Gasteiger partial charge >= 0.3 is 0 Å². The third-order valence-corrected chi connectivity index (χ3v) is 3.69. The summed E-state index contributed by atoms with van der Waals surface area (Å²) in [7, 11) is 0. The molecule has 2 N–H and O–H groups in total. The molecule has 0 bridgehead atoms. The Bertz CT molecular complexity index is 679. The Balaban J connectivity index is 2.04. The van der Waals surface area contributed by atoms with E-state index in [1.807, 2.05) is 0 Å². The van der Waals surface area contributed by atoms with E-state index < -0.39 is 0 Å². The van der Waals surface area contributed by atoms with Gasteiger partial charge in [-0.25, -0.2) is 9.97 Å². The van der Waals surface area contributed by atoms with Crippen molar-refractivity contribution < 1.29 is 4.79 Å². The van der Waals surface area contributed by atoms with Crippen molar-refractivity contribution in [3.63, 3.8) is 0 Å². The van der Waals surface area contributed by atoms with Crippen LogP contribution in [0.5, 0.6) is 0 Å². The summed E-state index contributed by atoms with van der Waals surface area (Å²) in [5.41, 5.74) is 0.886. The molecular weight excluding hydrogens is 335 g/mol. The molecular formula is C16H18Cl2N4O. The van der Waals surface area contributed by atoms with Crippen LogP contribution in [0.1, 0.15) is 36.7 Å². The van der Waals surface area contributed by atoms with Gasteiger partial charge in [0.05, 0.1) is 10.7 Å². The van der Waals surface area contributed by atoms with Gasteiger partial charge in [0.25, 0.3) is 5.91 Å². The van der Waals surface area contributed by atoms with Crippen molar-refractivity contribution in [2.75, 3.05) is 11.9 Å². The summed E-state index contributed by atoms with van der Waals surface area (Å²) in [6.45, 7) is 2.75. The molecule has 5 nitrogen and oxygen atoms in total. The van der Waals surface area contributed by atoms with Crippen LogP contribution < -0.4 is 10.6 Å². The molecule has 1 aromatic heterocycles. The van der Waals surface area contributed by atoms with Crippen molar-refractivity contribution >= 4 is 40.7 Å². The van der Waals surface area contributed by atoms with E-state index in [4.69, 9.17) is 23.2 Å². The Morgan fingerprint density at radius 3 is 2.83 bits per heavy atom. The molecule has 1 amide bonds. The summed E-state index contributed by atoms with van der Waals surface area (Å²) in [6.07, 6.45) is 4.67. The van der Waals surface area contributed by atoms with Gasteiger partial charge in [-0.2, -0.15) is 0 Å². The molecule has 0 saturated heterocycles. The summed E-state index contributed by atoms with van der Waals surface area (Å²) in [5, 5.41) is 6.84. The Labute approximate surface area is 145 Å². The Morgan fingerprint density at radius 2 is 2.04 bits per heavy atom. The average Bonchev–Trinajstić information content (AvgIpc) is 2.55. The second kappa shape index (κ2) is 8.70. The Kier molecular flexibility index (Phi) is 6.62. The molecule has 0 atom stereocenters. The number of carbonyl (C=O) groups excluding carboxylic acids is 1. The van der Waals surface area contributed by atoms with Crippen LogP contribution in [-0.4, -0.2) is 22.4 Å². The summed E-state index contributed by atoms with van der Waals surface area (Å²) in [6, 6.07) is 6.61. The number of nitrogens with zero attached hydrogens (tertiary/aromatic N) is 2. The first-order chi connectivity index (χ1) is 11.1. The van der Waals surface area contributed by atoms with Gasteiger partial charge in [-0.1, -0.05) is 43.0 Å². The fraction of sp³-hybridized carbons (Fsp3) is 0.312. The van der Waals surface area contributed by atoms with Crippen molar-refractivity contribution in [1.29, 1.82) is 0 Å². The van der Waals surface area contributed by atoms with E-state index in [2.05, 4.69) is 27.5 Å². The average molecular weight is 353 g/mol. The lowest BCUT2D eigenvalue weighted by molar-refractivity contribution is 0.0948. The van der Waals surface area contributed by atoms with Crippen LogP contribution in [0, 0.1) is 0 Å². The van der Waals surface area contributed by atoms with Crippen molar-refractivity contribution in [1.82, 2.24) is 15.3 Å². The second-order valence-corrected chi connectivity index (χ2v) is 5.82. The number of unbranched alkanes of at least 4 members (excludes halogenated alkanes) is 2. The molecule has 0 saturated carbocycles. The van der Waals surface area contributed by atoms with E-state index in [1.165, 1.54) is 6.20 Å². The van der Waals surface area contributed by atoms with Crippen LogP contribution >= 0.6 is 23.2 Å². The number of hydrogen-bond acceptors (Lipinski definition) is 4. The van der Waals surface area contributed by atoms with E-state index in [0.717, 1.165) is 19.3 Å². The normalized spacial score (nSPS) is 10.4. The van der Waals surface area contributed by atoms with E-state index in [9.17, 15) is 4.79 Å². The predicted octanol–water partition coefficient (Wildman–Crippen LogP) is 4.45. The molecule has 0 unspecified atom stereocenters. The summed E-state index contributed by atoms with van der Waals surface area (Å²) in [5.74, 6) is 0.0686. The van der Waals surface area contributed by atoms with Gasteiger partial charge in [-0.05, 0) is 30.7 Å². The molecule has 0 fully saturated rings. The SMILES string of the molecule is CCCCCNC(=O)c1ccnc(Nc2cc(Cl)ccc2Cl)n1. The highest BCUT2D eigenvalue weighted by Gasteiger charge is 2.09. The highest BCUT2D eigenvalue weighted by atomic mass is 35.5. The number of carbonyl (C=O) groups is 1. The maximum absolute atomic E-state index is 12.1. The summed E-state index contributed by atoms with van der Waals surface area (Å²) in [4.78, 5) is 20.4. The molecule has 2 aromatic rings. The molecule has 2 rings (SSSR count). The third-order valence-electron chi connectivity index (χ3n) is 3.13. The first-order valence-electron chi connectivity index (χ1n) is 7.43. The first kappa shape index (κ1) is 17.5. The van der Waals surface area contributed by atoms with Crippen molar-refractivity contribution in [2.45, 2.75) is 26.2 Å². The minimum absolute atomic E-state index is 0.219. The van der Waals surface area contributed by atoms with Gasteiger partial charge in [0.15, 0.2) is 0 Å². The lowest BCUT2D eigenvalue weighted by Crippen LogP contribution is -2.25. The minimum Gasteiger partial charge on any atom is -0.351 e. The van der Waals surface area contributed by atoms with Crippen molar-refractivity contribution in [3.05, 3.63) is 46.2 Å². The number of aromatic nitrogens is 2. The van der Waals surface area contributed by atoms with E-state index >= 15 is 0 Å². The molecule has 23 heavy (non-hydrogen) atoms. The van der Waals surface area contributed by atoms with Gasteiger partial charge in [0, 0.05) is 17.8 Å². The quantitative estimate of drug-likeness (QED) is 0.722. The lowest BCUT2D eigenvalue weighted by atomic mass is 10.2. The maximum atomic E-state index is 12.1. The number of anilines is 2. The summed E-state index contributed by atoms with van der Waals surface area (Å²) < 4.78 is 0. The third kappa shape index (κ3) is 5.37.